The molecule has 3 aromatic carbocycles. The second-order valence-corrected chi connectivity index (χ2v) is 11.9. The van der Waals surface area contributed by atoms with Crippen molar-refractivity contribution in [3.63, 3.8) is 0 Å². The normalized spacial score (nSPS) is 11.2. The predicted octanol–water partition coefficient (Wildman–Crippen LogP) is 7.48. The van der Waals surface area contributed by atoms with Gasteiger partial charge in [-0.05, 0) is 95.9 Å². The molecule has 0 atom stereocenters. The summed E-state index contributed by atoms with van der Waals surface area (Å²) in [7, 11) is 0. The molecule has 0 aliphatic heterocycles. The van der Waals surface area contributed by atoms with E-state index in [0.29, 0.717) is 16.5 Å². The van der Waals surface area contributed by atoms with E-state index in [1.807, 2.05) is 48.7 Å². The molecule has 4 rings (SSSR count). The van der Waals surface area contributed by atoms with Crippen molar-refractivity contribution in [2.45, 2.75) is 38.8 Å². The van der Waals surface area contributed by atoms with Gasteiger partial charge in [-0.25, -0.2) is 0 Å². The van der Waals surface area contributed by atoms with E-state index in [2.05, 4.69) is 80.0 Å². The molecule has 0 unspecified atom stereocenters. The monoisotopic (exact) mass is 676 g/mol. The van der Waals surface area contributed by atoms with Gasteiger partial charge in [0.1, 0.15) is 5.75 Å². The van der Waals surface area contributed by atoms with E-state index in [0.717, 1.165) is 36.1 Å². The lowest BCUT2D eigenvalue weighted by molar-refractivity contribution is -0.113. The summed E-state index contributed by atoms with van der Waals surface area (Å²) < 4.78 is 3.85. The zero-order chi connectivity index (χ0) is 26.0. The van der Waals surface area contributed by atoms with E-state index >= 15 is 0 Å². The molecule has 1 heterocycles. The maximum atomic E-state index is 12.9. The van der Waals surface area contributed by atoms with Gasteiger partial charge in [0.25, 0.3) is 0 Å². The van der Waals surface area contributed by atoms with Crippen LogP contribution in [-0.2, 0) is 4.79 Å². The number of rotatable bonds is 7. The van der Waals surface area contributed by atoms with Crippen molar-refractivity contribution in [2.24, 2.45) is 0 Å². The summed E-state index contributed by atoms with van der Waals surface area (Å²) in [6, 6.07) is 17.4. The van der Waals surface area contributed by atoms with Gasteiger partial charge < -0.3 is 10.4 Å². The zero-order valence-electron chi connectivity index (χ0n) is 20.3. The summed E-state index contributed by atoms with van der Waals surface area (Å²) in [6.45, 7) is 8.29. The molecule has 36 heavy (non-hydrogen) atoms. The minimum Gasteiger partial charge on any atom is -0.507 e. The molecule has 4 aromatic rings. The summed E-state index contributed by atoms with van der Waals surface area (Å²) >= 11 is 7.07. The van der Waals surface area contributed by atoms with E-state index in [4.69, 9.17) is 0 Å². The molecule has 0 aliphatic carbocycles. The van der Waals surface area contributed by atoms with Crippen molar-refractivity contribution in [1.29, 1.82) is 0 Å². The van der Waals surface area contributed by atoms with Gasteiger partial charge in [0.05, 0.1) is 17.0 Å². The van der Waals surface area contributed by atoms with Crippen molar-refractivity contribution in [1.82, 2.24) is 14.8 Å². The van der Waals surface area contributed by atoms with Crippen LogP contribution >= 0.6 is 50.3 Å². The number of nitrogens with zero attached hydrogens (tertiary/aromatic N) is 3. The predicted molar refractivity (Wildman–Crippen MR) is 158 cm³/mol. The second kappa shape index (κ2) is 11.4. The molecule has 0 bridgehead atoms. The van der Waals surface area contributed by atoms with Crippen molar-refractivity contribution in [3.05, 3.63) is 79.3 Å². The number of benzene rings is 3. The van der Waals surface area contributed by atoms with Gasteiger partial charge in [0.15, 0.2) is 11.0 Å². The Morgan fingerprint density at radius 3 is 2.61 bits per heavy atom. The number of hydrogen-bond acceptors (Lipinski definition) is 5. The Kier molecular flexibility index (Phi) is 8.41. The molecule has 0 fully saturated rings. The van der Waals surface area contributed by atoms with Gasteiger partial charge in [0, 0.05) is 13.7 Å². The van der Waals surface area contributed by atoms with Crippen molar-refractivity contribution < 1.29 is 9.90 Å². The lowest BCUT2D eigenvalue weighted by Crippen LogP contribution is -2.16. The Labute approximate surface area is 237 Å². The second-order valence-electron chi connectivity index (χ2n) is 8.82. The van der Waals surface area contributed by atoms with Gasteiger partial charge >= 0.3 is 0 Å². The fourth-order valence-corrected chi connectivity index (χ4v) is 5.56. The number of phenols is 1. The van der Waals surface area contributed by atoms with Gasteiger partial charge in [-0.3, -0.25) is 9.36 Å². The molecule has 0 radical (unpaired) electrons. The first-order valence-corrected chi connectivity index (χ1v) is 14.2. The van der Waals surface area contributed by atoms with E-state index in [1.54, 1.807) is 12.1 Å². The van der Waals surface area contributed by atoms with Crippen LogP contribution in [0, 0.1) is 17.4 Å². The number of carbonyl (C=O) groups is 1. The lowest BCUT2D eigenvalue weighted by Gasteiger charge is -2.15. The van der Waals surface area contributed by atoms with Crippen LogP contribution in [0.3, 0.4) is 0 Å². The molecule has 0 saturated heterocycles. The van der Waals surface area contributed by atoms with Crippen LogP contribution in [0.4, 0.5) is 5.69 Å². The number of aromatic nitrogens is 3. The van der Waals surface area contributed by atoms with Crippen LogP contribution in [0.2, 0.25) is 0 Å². The average molecular weight is 677 g/mol. The smallest absolute Gasteiger partial charge is 0.234 e. The van der Waals surface area contributed by atoms with Crippen LogP contribution in [-0.4, -0.2) is 31.5 Å². The summed E-state index contributed by atoms with van der Waals surface area (Å²) in [5.41, 5.74) is 5.55. The number of anilines is 1. The fraction of sp³-hybridized carbons (Fsp3) is 0.222. The Hall–Kier alpha value is -2.37. The van der Waals surface area contributed by atoms with Crippen molar-refractivity contribution in [3.8, 4) is 22.8 Å². The van der Waals surface area contributed by atoms with Crippen molar-refractivity contribution in [2.75, 3.05) is 11.1 Å². The zero-order valence-corrected chi connectivity index (χ0v) is 24.9. The fourth-order valence-electron chi connectivity index (χ4n) is 3.94. The Morgan fingerprint density at radius 2 is 1.89 bits per heavy atom. The Bertz CT molecular complexity index is 1440. The number of halogens is 2. The number of thioether (sulfide) groups is 1. The van der Waals surface area contributed by atoms with Gasteiger partial charge in [-0.1, -0.05) is 59.2 Å². The molecule has 1 aromatic heterocycles. The highest BCUT2D eigenvalue weighted by Gasteiger charge is 2.21. The van der Waals surface area contributed by atoms with E-state index in [9.17, 15) is 9.90 Å². The number of amides is 1. The third kappa shape index (κ3) is 5.95. The minimum atomic E-state index is -0.120. The average Bonchev–Trinajstić information content (AvgIpc) is 3.23. The molecule has 9 heteroatoms. The first kappa shape index (κ1) is 26.7. The third-order valence-electron chi connectivity index (χ3n) is 5.67. The number of aromatic hydroxyl groups is 1. The molecule has 2 N–H and O–H groups in total. The number of phenolic OH excluding ortho intramolecular Hbond substituents is 1. The lowest BCUT2D eigenvalue weighted by atomic mass is 10.0. The summed E-state index contributed by atoms with van der Waals surface area (Å²) in [6.07, 6.45) is 0. The van der Waals surface area contributed by atoms with E-state index in [-0.39, 0.29) is 23.3 Å². The highest BCUT2D eigenvalue weighted by molar-refractivity contribution is 14.1. The van der Waals surface area contributed by atoms with Crippen molar-refractivity contribution >= 4 is 61.9 Å². The number of nitrogens with one attached hydrogen (secondary N) is 1. The SMILES string of the molecule is Cc1ccc(-n2c(SCC(=O)Nc3ccc(I)cc3C(C)C)nnc2-c2cc(Br)ccc2O)c(C)c1. The molecule has 1 amide bonds. The standard InChI is InChI=1S/C27H26BrIN4O2S/c1-15(2)20-13-19(29)7-8-22(20)30-25(35)14-36-27-32-31-26(21-12-18(28)6-10-24(21)34)33(27)23-9-5-16(3)11-17(23)4/h5-13,15,34H,14H2,1-4H3,(H,30,35). The largest absolute Gasteiger partial charge is 0.507 e. The molecular formula is C27H26BrIN4O2S. The summed E-state index contributed by atoms with van der Waals surface area (Å²) in [5.74, 6) is 0.937. The highest BCUT2D eigenvalue weighted by atomic mass is 127. The van der Waals surface area contributed by atoms with Gasteiger partial charge in [-0.2, -0.15) is 0 Å². The molecule has 0 spiro atoms. The first-order chi connectivity index (χ1) is 17.1. The van der Waals surface area contributed by atoms with Crippen LogP contribution in [0.5, 0.6) is 5.75 Å². The van der Waals surface area contributed by atoms with Crippen LogP contribution in [0.25, 0.3) is 17.1 Å². The molecule has 6 nitrogen and oxygen atoms in total. The van der Waals surface area contributed by atoms with E-state index < -0.39 is 0 Å². The van der Waals surface area contributed by atoms with Crippen LogP contribution in [0.15, 0.2) is 64.2 Å². The van der Waals surface area contributed by atoms with E-state index in [1.165, 1.54) is 11.8 Å². The Balaban J connectivity index is 1.67. The third-order valence-corrected chi connectivity index (χ3v) is 7.76. The molecule has 186 valence electrons. The maximum Gasteiger partial charge on any atom is 0.234 e. The number of aryl methyl sites for hydroxylation is 2. The molecular weight excluding hydrogens is 651 g/mol. The number of hydrogen-bond donors (Lipinski definition) is 2. The minimum absolute atomic E-state index is 0.103. The number of carbonyl (C=O) groups excluding carboxylic acids is 1. The molecule has 0 aliphatic rings. The van der Waals surface area contributed by atoms with Gasteiger partial charge in [0.2, 0.25) is 5.91 Å². The van der Waals surface area contributed by atoms with Crippen LogP contribution in [0.1, 0.15) is 36.5 Å². The highest BCUT2D eigenvalue weighted by Crippen LogP contribution is 2.35. The van der Waals surface area contributed by atoms with Gasteiger partial charge in [-0.15, -0.1) is 10.2 Å². The first-order valence-electron chi connectivity index (χ1n) is 11.4. The quantitative estimate of drug-likeness (QED) is 0.157. The molecule has 0 saturated carbocycles. The van der Waals surface area contributed by atoms with Crippen LogP contribution < -0.4 is 5.32 Å². The summed E-state index contributed by atoms with van der Waals surface area (Å²) in [4.78, 5) is 12.9. The topological polar surface area (TPSA) is 80.0 Å². The maximum absolute atomic E-state index is 12.9. The summed E-state index contributed by atoms with van der Waals surface area (Å²) in [5, 5.41) is 23.0. The Morgan fingerprint density at radius 1 is 1.11 bits per heavy atom.